The quantitative estimate of drug-likeness (QED) is 0.733. The SMILES string of the molecule is CCOC(=O)c1cnn2ccc(NC(=O)Cc3ccccc3)cc12. The molecule has 0 aliphatic heterocycles. The lowest BCUT2D eigenvalue weighted by molar-refractivity contribution is -0.115. The Labute approximate surface area is 139 Å². The molecule has 24 heavy (non-hydrogen) atoms. The molecule has 0 atom stereocenters. The third kappa shape index (κ3) is 3.43. The lowest BCUT2D eigenvalue weighted by Crippen LogP contribution is -2.14. The van der Waals surface area contributed by atoms with Gasteiger partial charge in [-0.25, -0.2) is 9.31 Å². The highest BCUT2D eigenvalue weighted by Crippen LogP contribution is 2.17. The van der Waals surface area contributed by atoms with Gasteiger partial charge in [-0.1, -0.05) is 30.3 Å². The topological polar surface area (TPSA) is 72.7 Å². The third-order valence-corrected chi connectivity index (χ3v) is 3.51. The summed E-state index contributed by atoms with van der Waals surface area (Å²) in [5, 5.41) is 6.95. The second kappa shape index (κ2) is 6.95. The number of anilines is 1. The molecule has 2 aromatic heterocycles. The highest BCUT2D eigenvalue weighted by atomic mass is 16.5. The van der Waals surface area contributed by atoms with Crippen LogP contribution in [-0.4, -0.2) is 28.1 Å². The molecule has 1 N–H and O–H groups in total. The molecule has 0 aliphatic carbocycles. The molecule has 6 nitrogen and oxygen atoms in total. The third-order valence-electron chi connectivity index (χ3n) is 3.51. The van der Waals surface area contributed by atoms with Crippen molar-refractivity contribution < 1.29 is 14.3 Å². The monoisotopic (exact) mass is 323 g/mol. The standard InChI is InChI=1S/C18H17N3O3/c1-2-24-18(23)15-12-19-21-9-8-14(11-16(15)21)20-17(22)10-13-6-4-3-5-7-13/h3-9,11-12H,2,10H2,1H3,(H,20,22). The van der Waals surface area contributed by atoms with Crippen molar-refractivity contribution in [1.29, 1.82) is 0 Å². The molecule has 0 saturated carbocycles. The van der Waals surface area contributed by atoms with E-state index in [-0.39, 0.29) is 12.3 Å². The van der Waals surface area contributed by atoms with Gasteiger partial charge in [0.15, 0.2) is 0 Å². The number of aromatic nitrogens is 2. The summed E-state index contributed by atoms with van der Waals surface area (Å²) in [5.41, 5.74) is 2.50. The molecular weight excluding hydrogens is 306 g/mol. The summed E-state index contributed by atoms with van der Waals surface area (Å²) in [6, 6.07) is 12.9. The van der Waals surface area contributed by atoms with Gasteiger partial charge in [-0.05, 0) is 24.6 Å². The summed E-state index contributed by atoms with van der Waals surface area (Å²) >= 11 is 0. The van der Waals surface area contributed by atoms with Crippen molar-refractivity contribution in [2.24, 2.45) is 0 Å². The van der Waals surface area contributed by atoms with Gasteiger partial charge in [0.2, 0.25) is 5.91 Å². The van der Waals surface area contributed by atoms with Crippen molar-refractivity contribution in [1.82, 2.24) is 9.61 Å². The first-order chi connectivity index (χ1) is 11.7. The van der Waals surface area contributed by atoms with Crippen LogP contribution in [0.2, 0.25) is 0 Å². The number of carbonyl (C=O) groups is 2. The van der Waals surface area contributed by atoms with E-state index in [0.29, 0.717) is 23.4 Å². The molecule has 3 rings (SSSR count). The van der Waals surface area contributed by atoms with Crippen molar-refractivity contribution in [2.45, 2.75) is 13.3 Å². The zero-order valence-electron chi connectivity index (χ0n) is 13.2. The van der Waals surface area contributed by atoms with E-state index in [1.807, 2.05) is 30.3 Å². The number of hydrogen-bond donors (Lipinski definition) is 1. The molecule has 0 radical (unpaired) electrons. The number of hydrogen-bond acceptors (Lipinski definition) is 4. The van der Waals surface area contributed by atoms with Gasteiger partial charge in [-0.3, -0.25) is 4.79 Å². The molecule has 3 aromatic rings. The van der Waals surface area contributed by atoms with Crippen molar-refractivity contribution in [3.63, 3.8) is 0 Å². The van der Waals surface area contributed by atoms with Crippen LogP contribution in [0.4, 0.5) is 5.69 Å². The van der Waals surface area contributed by atoms with Crippen LogP contribution >= 0.6 is 0 Å². The Balaban J connectivity index is 1.78. The number of rotatable bonds is 5. The Morgan fingerprint density at radius 3 is 2.75 bits per heavy atom. The number of nitrogens with zero attached hydrogens (tertiary/aromatic N) is 2. The first-order valence-electron chi connectivity index (χ1n) is 7.65. The normalized spacial score (nSPS) is 10.5. The van der Waals surface area contributed by atoms with Crippen LogP contribution in [0, 0.1) is 0 Å². The van der Waals surface area contributed by atoms with Crippen LogP contribution in [0.3, 0.4) is 0 Å². The maximum atomic E-state index is 12.2. The van der Waals surface area contributed by atoms with Gasteiger partial charge < -0.3 is 10.1 Å². The Hall–Kier alpha value is -3.15. The first kappa shape index (κ1) is 15.7. The maximum absolute atomic E-state index is 12.2. The summed E-state index contributed by atoms with van der Waals surface area (Å²) in [7, 11) is 0. The highest BCUT2D eigenvalue weighted by molar-refractivity contribution is 5.98. The fraction of sp³-hybridized carbons (Fsp3) is 0.167. The van der Waals surface area contributed by atoms with Crippen LogP contribution in [-0.2, 0) is 16.0 Å². The summed E-state index contributed by atoms with van der Waals surface area (Å²) in [5.74, 6) is -0.553. The zero-order valence-corrected chi connectivity index (χ0v) is 13.2. The number of benzene rings is 1. The predicted octanol–water partition coefficient (Wildman–Crippen LogP) is 2.69. The zero-order chi connectivity index (χ0) is 16.9. The minimum atomic E-state index is -0.430. The highest BCUT2D eigenvalue weighted by Gasteiger charge is 2.14. The minimum Gasteiger partial charge on any atom is -0.462 e. The van der Waals surface area contributed by atoms with E-state index in [1.54, 1.807) is 29.8 Å². The molecule has 6 heteroatoms. The van der Waals surface area contributed by atoms with Gasteiger partial charge in [0.1, 0.15) is 5.56 Å². The van der Waals surface area contributed by atoms with Crippen LogP contribution in [0.5, 0.6) is 0 Å². The molecule has 0 aliphatic rings. The first-order valence-corrected chi connectivity index (χ1v) is 7.65. The molecular formula is C18H17N3O3. The largest absolute Gasteiger partial charge is 0.462 e. The molecule has 0 bridgehead atoms. The van der Waals surface area contributed by atoms with E-state index >= 15 is 0 Å². The number of esters is 1. The van der Waals surface area contributed by atoms with Crippen LogP contribution in [0.15, 0.2) is 54.9 Å². The number of nitrogens with one attached hydrogen (secondary N) is 1. The average molecular weight is 323 g/mol. The number of ether oxygens (including phenoxy) is 1. The Morgan fingerprint density at radius 2 is 2.00 bits per heavy atom. The molecule has 1 amide bonds. The smallest absolute Gasteiger partial charge is 0.341 e. The van der Waals surface area contributed by atoms with Crippen molar-refractivity contribution in [2.75, 3.05) is 11.9 Å². The van der Waals surface area contributed by atoms with E-state index in [0.717, 1.165) is 5.56 Å². The average Bonchev–Trinajstić information content (AvgIpc) is 2.99. The summed E-state index contributed by atoms with van der Waals surface area (Å²) in [6.07, 6.45) is 3.44. The van der Waals surface area contributed by atoms with Gasteiger partial charge in [0.05, 0.1) is 24.7 Å². The number of carbonyl (C=O) groups excluding carboxylic acids is 2. The van der Waals surface area contributed by atoms with Gasteiger partial charge in [0.25, 0.3) is 0 Å². The Kier molecular flexibility index (Phi) is 4.56. The molecule has 0 fully saturated rings. The molecule has 0 saturated heterocycles. The van der Waals surface area contributed by atoms with E-state index in [9.17, 15) is 9.59 Å². The fourth-order valence-electron chi connectivity index (χ4n) is 2.41. The molecule has 2 heterocycles. The van der Waals surface area contributed by atoms with E-state index < -0.39 is 5.97 Å². The minimum absolute atomic E-state index is 0.122. The van der Waals surface area contributed by atoms with Crippen LogP contribution in [0.1, 0.15) is 22.8 Å². The molecule has 1 aromatic carbocycles. The Morgan fingerprint density at radius 1 is 1.21 bits per heavy atom. The predicted molar refractivity (Wildman–Crippen MR) is 89.9 cm³/mol. The summed E-state index contributed by atoms with van der Waals surface area (Å²) < 4.78 is 6.58. The second-order valence-corrected chi connectivity index (χ2v) is 5.23. The summed E-state index contributed by atoms with van der Waals surface area (Å²) in [4.78, 5) is 24.1. The van der Waals surface area contributed by atoms with E-state index in [4.69, 9.17) is 4.74 Å². The number of amides is 1. The van der Waals surface area contributed by atoms with E-state index in [1.165, 1.54) is 6.20 Å². The van der Waals surface area contributed by atoms with Crippen molar-refractivity contribution >= 4 is 23.1 Å². The van der Waals surface area contributed by atoms with Crippen molar-refractivity contribution in [3.05, 3.63) is 66.0 Å². The second-order valence-electron chi connectivity index (χ2n) is 5.23. The van der Waals surface area contributed by atoms with Gasteiger partial charge in [-0.15, -0.1) is 0 Å². The number of pyridine rings is 1. The van der Waals surface area contributed by atoms with Gasteiger partial charge >= 0.3 is 5.97 Å². The summed E-state index contributed by atoms with van der Waals surface area (Å²) in [6.45, 7) is 2.04. The molecule has 0 spiro atoms. The fourth-order valence-corrected chi connectivity index (χ4v) is 2.41. The van der Waals surface area contributed by atoms with Gasteiger partial charge in [0, 0.05) is 11.9 Å². The Bertz CT molecular complexity index is 872. The maximum Gasteiger partial charge on any atom is 0.341 e. The molecule has 0 unspecified atom stereocenters. The van der Waals surface area contributed by atoms with E-state index in [2.05, 4.69) is 10.4 Å². The van der Waals surface area contributed by atoms with Crippen LogP contribution in [0.25, 0.3) is 5.52 Å². The molecule has 122 valence electrons. The number of fused-ring (bicyclic) bond motifs is 1. The lowest BCUT2D eigenvalue weighted by Gasteiger charge is -2.06. The van der Waals surface area contributed by atoms with Crippen LogP contribution < -0.4 is 5.32 Å². The van der Waals surface area contributed by atoms with Gasteiger partial charge in [-0.2, -0.15) is 5.10 Å². The lowest BCUT2D eigenvalue weighted by atomic mass is 10.1. The van der Waals surface area contributed by atoms with Crippen molar-refractivity contribution in [3.8, 4) is 0 Å².